The van der Waals surface area contributed by atoms with Gasteiger partial charge in [-0.05, 0) is 37.1 Å². The van der Waals surface area contributed by atoms with E-state index < -0.39 is 23.5 Å². The summed E-state index contributed by atoms with van der Waals surface area (Å²) >= 11 is 0. The second-order valence-corrected chi connectivity index (χ2v) is 12.1. The number of alkyl halides is 3. The van der Waals surface area contributed by atoms with Crippen molar-refractivity contribution in [3.05, 3.63) is 48.0 Å². The topological polar surface area (TPSA) is 124 Å². The molecule has 4 aromatic rings. The highest BCUT2D eigenvalue weighted by atomic mass is 19.4. The van der Waals surface area contributed by atoms with Crippen LogP contribution in [0.4, 0.5) is 29.1 Å². The van der Waals surface area contributed by atoms with Crippen LogP contribution in [0.25, 0.3) is 33.9 Å². The Morgan fingerprint density at radius 3 is 2.43 bits per heavy atom. The minimum absolute atomic E-state index is 0.00644. The standard InChI is InChI=1S/C31H34F4N8O3/c1-41(17-30(18-46-2)4-3-5-30)24-13-22(19-10-20(31(33,34)35)12-21(32)11-19)38-29-27(24)39-28(40-29)23-14-37-25(15-36-23)43-8-6-42(7-9-43)16-26(44)45/h10-15H,3-9,16-18H2,1-2H3,(H,44,45)(H,38,39,40). The molecule has 46 heavy (non-hydrogen) atoms. The third-order valence-corrected chi connectivity index (χ3v) is 8.75. The maximum Gasteiger partial charge on any atom is 0.416 e. The highest BCUT2D eigenvalue weighted by Gasteiger charge is 2.38. The van der Waals surface area contributed by atoms with Crippen molar-refractivity contribution in [2.75, 3.05) is 69.8 Å². The number of pyridine rings is 1. The van der Waals surface area contributed by atoms with Gasteiger partial charge in [-0.25, -0.2) is 24.3 Å². The van der Waals surface area contributed by atoms with E-state index in [9.17, 15) is 22.4 Å². The van der Waals surface area contributed by atoms with Crippen LogP contribution in [-0.4, -0.2) is 101 Å². The molecule has 0 atom stereocenters. The van der Waals surface area contributed by atoms with Gasteiger partial charge in [-0.1, -0.05) is 6.42 Å². The molecule has 0 amide bonds. The van der Waals surface area contributed by atoms with Crippen LogP contribution < -0.4 is 9.80 Å². The number of imidazole rings is 1. The average Bonchev–Trinajstić information content (AvgIpc) is 3.43. The molecule has 2 N–H and O–H groups in total. The third kappa shape index (κ3) is 6.60. The monoisotopic (exact) mass is 642 g/mol. The molecule has 4 heterocycles. The molecular formula is C31H34F4N8O3. The first kappa shape index (κ1) is 31.6. The SMILES string of the molecule is COCC1(CN(C)c2cc(-c3cc(F)cc(C(F)(F)F)c3)nc3nc(-c4cnc(N5CCN(CC(=O)O)CC5)cn4)[nH]c23)CCC1. The van der Waals surface area contributed by atoms with E-state index in [1.807, 2.05) is 21.7 Å². The molecule has 11 nitrogen and oxygen atoms in total. The summed E-state index contributed by atoms with van der Waals surface area (Å²) in [7, 11) is 3.56. The number of H-pyrrole nitrogens is 1. The fraction of sp³-hybridized carbons (Fsp3) is 0.452. The maximum absolute atomic E-state index is 14.4. The number of nitrogens with zero attached hydrogens (tertiary/aromatic N) is 7. The predicted octanol–water partition coefficient (Wildman–Crippen LogP) is 4.70. The molecule has 15 heteroatoms. The Bertz CT molecular complexity index is 1720. The number of anilines is 2. The molecule has 1 saturated heterocycles. The number of piperazine rings is 1. The Morgan fingerprint density at radius 2 is 1.83 bits per heavy atom. The highest BCUT2D eigenvalue weighted by molar-refractivity contribution is 5.91. The normalized spacial score (nSPS) is 16.9. The summed E-state index contributed by atoms with van der Waals surface area (Å²) < 4.78 is 60.6. The zero-order chi connectivity index (χ0) is 32.6. The van der Waals surface area contributed by atoms with Crippen molar-refractivity contribution in [1.29, 1.82) is 0 Å². The molecule has 2 fully saturated rings. The van der Waals surface area contributed by atoms with E-state index in [1.165, 1.54) is 0 Å². The third-order valence-electron chi connectivity index (χ3n) is 8.75. The lowest BCUT2D eigenvalue weighted by molar-refractivity contribution is -0.139. The Kier molecular flexibility index (Phi) is 8.55. The second-order valence-electron chi connectivity index (χ2n) is 12.1. The number of aromatic amines is 1. The van der Waals surface area contributed by atoms with Gasteiger partial charge in [0.15, 0.2) is 11.5 Å². The number of ether oxygens (including phenoxy) is 1. The molecule has 0 bridgehead atoms. The summed E-state index contributed by atoms with van der Waals surface area (Å²) in [4.78, 5) is 38.5. The Morgan fingerprint density at radius 1 is 1.07 bits per heavy atom. The first-order valence-electron chi connectivity index (χ1n) is 14.9. The van der Waals surface area contributed by atoms with E-state index in [0.29, 0.717) is 73.9 Å². The van der Waals surface area contributed by atoms with Crippen LogP contribution in [0, 0.1) is 11.2 Å². The number of nitrogens with one attached hydrogen (secondary N) is 1. The number of rotatable bonds is 10. The van der Waals surface area contributed by atoms with Gasteiger partial charge in [-0.3, -0.25) is 9.69 Å². The van der Waals surface area contributed by atoms with Gasteiger partial charge in [0.2, 0.25) is 0 Å². The van der Waals surface area contributed by atoms with Crippen molar-refractivity contribution in [2.24, 2.45) is 5.41 Å². The number of methoxy groups -OCH3 is 1. The Labute approximate surface area is 262 Å². The molecule has 6 rings (SSSR count). The van der Waals surface area contributed by atoms with Gasteiger partial charge in [-0.15, -0.1) is 0 Å². The Hall–Kier alpha value is -4.37. The molecular weight excluding hydrogens is 608 g/mol. The van der Waals surface area contributed by atoms with Gasteiger partial charge in [0.1, 0.15) is 22.8 Å². The molecule has 0 unspecified atom stereocenters. The zero-order valence-corrected chi connectivity index (χ0v) is 25.4. The van der Waals surface area contributed by atoms with Crippen LogP contribution in [0.1, 0.15) is 24.8 Å². The van der Waals surface area contributed by atoms with E-state index in [1.54, 1.807) is 25.6 Å². The van der Waals surface area contributed by atoms with Gasteiger partial charge >= 0.3 is 12.1 Å². The van der Waals surface area contributed by atoms with Crippen LogP contribution in [0.2, 0.25) is 0 Å². The number of benzene rings is 1. The van der Waals surface area contributed by atoms with Crippen molar-refractivity contribution < 1.29 is 32.2 Å². The molecule has 1 aliphatic heterocycles. The lowest BCUT2D eigenvalue weighted by atomic mass is 9.69. The quantitative estimate of drug-likeness (QED) is 0.235. The number of hydrogen-bond acceptors (Lipinski definition) is 9. The highest BCUT2D eigenvalue weighted by Crippen LogP contribution is 2.43. The van der Waals surface area contributed by atoms with Crippen LogP contribution in [0.15, 0.2) is 36.7 Å². The van der Waals surface area contributed by atoms with Crippen LogP contribution >= 0.6 is 0 Å². The molecule has 1 aliphatic carbocycles. The Balaban J connectivity index is 1.34. The summed E-state index contributed by atoms with van der Waals surface area (Å²) in [5, 5.41) is 9.04. The van der Waals surface area contributed by atoms with E-state index >= 15 is 0 Å². The smallest absolute Gasteiger partial charge is 0.416 e. The van der Waals surface area contributed by atoms with Crippen LogP contribution in [0.5, 0.6) is 0 Å². The predicted molar refractivity (Wildman–Crippen MR) is 163 cm³/mol. The van der Waals surface area contributed by atoms with Crippen molar-refractivity contribution in [1.82, 2.24) is 29.8 Å². The van der Waals surface area contributed by atoms with Crippen molar-refractivity contribution in [3.8, 4) is 22.8 Å². The molecule has 244 valence electrons. The zero-order valence-electron chi connectivity index (χ0n) is 25.4. The summed E-state index contributed by atoms with van der Waals surface area (Å²) in [5.74, 6) is -0.869. The number of aromatic nitrogens is 5. The van der Waals surface area contributed by atoms with Crippen molar-refractivity contribution >= 4 is 28.6 Å². The fourth-order valence-corrected chi connectivity index (χ4v) is 6.30. The molecule has 1 aromatic carbocycles. The van der Waals surface area contributed by atoms with Crippen molar-refractivity contribution in [2.45, 2.75) is 25.4 Å². The number of carboxylic acids is 1. The van der Waals surface area contributed by atoms with Crippen molar-refractivity contribution in [3.63, 3.8) is 0 Å². The number of hydrogen-bond donors (Lipinski definition) is 2. The van der Waals surface area contributed by atoms with Gasteiger partial charge in [0, 0.05) is 57.9 Å². The number of carboxylic acid groups (broad SMARTS) is 1. The minimum atomic E-state index is -4.73. The molecule has 3 aromatic heterocycles. The lowest BCUT2D eigenvalue weighted by Gasteiger charge is -2.44. The molecule has 0 spiro atoms. The van der Waals surface area contributed by atoms with Gasteiger partial charge in [-0.2, -0.15) is 13.2 Å². The van der Waals surface area contributed by atoms with Crippen LogP contribution in [-0.2, 0) is 15.7 Å². The summed E-state index contributed by atoms with van der Waals surface area (Å²) in [6.45, 7) is 3.58. The fourth-order valence-electron chi connectivity index (χ4n) is 6.30. The molecule has 2 aliphatic rings. The maximum atomic E-state index is 14.4. The number of aliphatic carboxylic acids is 1. The van der Waals surface area contributed by atoms with Gasteiger partial charge < -0.3 is 24.6 Å². The first-order chi connectivity index (χ1) is 21.9. The second kappa shape index (κ2) is 12.4. The minimum Gasteiger partial charge on any atom is -0.480 e. The van der Waals surface area contributed by atoms with Crippen LogP contribution in [0.3, 0.4) is 0 Å². The van der Waals surface area contributed by atoms with Gasteiger partial charge in [0.25, 0.3) is 0 Å². The largest absolute Gasteiger partial charge is 0.480 e. The number of carbonyl (C=O) groups is 1. The summed E-state index contributed by atoms with van der Waals surface area (Å²) in [5.41, 5.74) is 0.832. The lowest BCUT2D eigenvalue weighted by Crippen LogP contribution is -2.48. The van der Waals surface area contributed by atoms with E-state index in [-0.39, 0.29) is 28.9 Å². The van der Waals surface area contributed by atoms with E-state index in [0.717, 1.165) is 31.4 Å². The van der Waals surface area contributed by atoms with E-state index in [2.05, 4.69) is 24.9 Å². The summed E-state index contributed by atoms with van der Waals surface area (Å²) in [6.07, 6.45) is 1.51. The first-order valence-corrected chi connectivity index (χ1v) is 14.9. The average molecular weight is 643 g/mol. The van der Waals surface area contributed by atoms with E-state index in [4.69, 9.17) is 9.84 Å². The number of fused-ring (bicyclic) bond motifs is 1. The molecule has 0 radical (unpaired) electrons. The van der Waals surface area contributed by atoms with Gasteiger partial charge in [0.05, 0.1) is 42.5 Å². The number of halogens is 4. The molecule has 1 saturated carbocycles. The summed E-state index contributed by atoms with van der Waals surface area (Å²) in [6, 6.07) is 4.03.